The molecular weight excluding hydrogens is 373 g/mol. The molecule has 0 aliphatic rings. The van der Waals surface area contributed by atoms with Gasteiger partial charge >= 0.3 is 7.60 Å². The molecule has 0 amide bonds. The highest BCUT2D eigenvalue weighted by Gasteiger charge is 2.33. The van der Waals surface area contributed by atoms with Gasteiger partial charge in [0, 0.05) is 19.1 Å². The molecule has 0 radical (unpaired) electrons. The van der Waals surface area contributed by atoms with Crippen LogP contribution in [0, 0.1) is 5.92 Å². The van der Waals surface area contributed by atoms with Crippen molar-refractivity contribution in [2.75, 3.05) is 12.3 Å². The largest absolute Gasteiger partial charge is 0.396 e. The molecule has 2 atom stereocenters. The van der Waals surface area contributed by atoms with Crippen LogP contribution in [0.25, 0.3) is 11.2 Å². The molecule has 1 aromatic carbocycles. The Hall–Kier alpha value is -2.52. The summed E-state index contributed by atoms with van der Waals surface area (Å²) < 4.78 is 13.6. The Morgan fingerprint density at radius 2 is 1.96 bits per heavy atom. The first-order chi connectivity index (χ1) is 12.8. The van der Waals surface area contributed by atoms with Crippen molar-refractivity contribution < 1.29 is 19.5 Å². The summed E-state index contributed by atoms with van der Waals surface area (Å²) >= 11 is 0. The van der Waals surface area contributed by atoms with E-state index in [1.165, 1.54) is 6.33 Å². The molecule has 0 aliphatic heterocycles. The summed E-state index contributed by atoms with van der Waals surface area (Å²) in [5.74, 6) is -0.560. The predicted octanol–water partition coefficient (Wildman–Crippen LogP) is 0.619. The van der Waals surface area contributed by atoms with Gasteiger partial charge in [-0.15, -0.1) is 0 Å². The number of nitrogens with two attached hydrogens (primary N) is 1. The number of fused-ring (bicyclic) bond motifs is 1. The molecule has 2 aromatic heterocycles. The first-order valence-corrected chi connectivity index (χ1v) is 9.89. The number of H-pyrrole nitrogens is 1. The third-order valence-electron chi connectivity index (χ3n) is 4.35. The van der Waals surface area contributed by atoms with Crippen molar-refractivity contribution in [1.29, 1.82) is 0 Å². The number of rotatable bonds is 7. The lowest BCUT2D eigenvalue weighted by atomic mass is 9.99. The zero-order valence-electron chi connectivity index (χ0n) is 14.3. The number of aromatic amines is 1. The first kappa shape index (κ1) is 19.2. The Kier molecular flexibility index (Phi) is 5.43. The summed E-state index contributed by atoms with van der Waals surface area (Å²) in [5, 5.41) is 9.77. The second-order valence-electron chi connectivity index (χ2n) is 6.32. The highest BCUT2D eigenvalue weighted by Crippen LogP contribution is 2.54. The number of anilines is 1. The predicted molar refractivity (Wildman–Crippen MR) is 99.0 cm³/mol. The van der Waals surface area contributed by atoms with Crippen LogP contribution in [-0.2, 0) is 11.1 Å². The van der Waals surface area contributed by atoms with Gasteiger partial charge in [0.1, 0.15) is 0 Å². The Bertz CT molecular complexity index is 1030. The van der Waals surface area contributed by atoms with Gasteiger partial charge in [-0.3, -0.25) is 14.3 Å². The van der Waals surface area contributed by atoms with Crippen LogP contribution in [0.1, 0.15) is 17.6 Å². The van der Waals surface area contributed by atoms with Crippen LogP contribution >= 0.6 is 7.60 Å². The minimum atomic E-state index is -4.45. The summed E-state index contributed by atoms with van der Waals surface area (Å²) in [6.07, 6.45) is 1.44. The van der Waals surface area contributed by atoms with Gasteiger partial charge in [-0.25, -0.2) is 4.98 Å². The maximum atomic E-state index is 12.0. The van der Waals surface area contributed by atoms with Crippen molar-refractivity contribution in [3.63, 3.8) is 0 Å². The Morgan fingerprint density at radius 3 is 2.59 bits per heavy atom. The quantitative estimate of drug-likeness (QED) is 0.364. The zero-order valence-corrected chi connectivity index (χ0v) is 15.2. The average molecular weight is 393 g/mol. The van der Waals surface area contributed by atoms with Gasteiger partial charge in [-0.2, -0.15) is 4.98 Å². The van der Waals surface area contributed by atoms with E-state index in [1.54, 1.807) is 34.9 Å². The average Bonchev–Trinajstić information content (AvgIpc) is 3.01. The number of aliphatic hydroxyl groups excluding tert-OH is 1. The molecule has 3 aromatic rings. The highest BCUT2D eigenvalue weighted by molar-refractivity contribution is 7.52. The van der Waals surface area contributed by atoms with Crippen molar-refractivity contribution in [3.8, 4) is 0 Å². The summed E-state index contributed by atoms with van der Waals surface area (Å²) in [4.78, 5) is 41.8. The molecule has 6 N–H and O–H groups in total. The van der Waals surface area contributed by atoms with Gasteiger partial charge in [-0.05, 0) is 12.0 Å². The molecule has 0 saturated heterocycles. The molecule has 0 unspecified atom stereocenters. The molecule has 2 heterocycles. The number of nitrogens with zero attached hydrogens (tertiary/aromatic N) is 3. The number of hydrogen-bond donors (Lipinski definition) is 5. The van der Waals surface area contributed by atoms with Crippen LogP contribution < -0.4 is 11.3 Å². The smallest absolute Gasteiger partial charge is 0.332 e. The van der Waals surface area contributed by atoms with E-state index in [-0.39, 0.29) is 36.7 Å². The van der Waals surface area contributed by atoms with Gasteiger partial charge < -0.3 is 25.2 Å². The van der Waals surface area contributed by atoms with Gasteiger partial charge in [0.2, 0.25) is 5.95 Å². The zero-order chi connectivity index (χ0) is 19.6. The fourth-order valence-electron chi connectivity index (χ4n) is 3.05. The Labute approximate surface area is 153 Å². The van der Waals surface area contributed by atoms with Crippen LogP contribution in [0.15, 0.2) is 41.5 Å². The van der Waals surface area contributed by atoms with E-state index in [9.17, 15) is 24.3 Å². The van der Waals surface area contributed by atoms with E-state index in [1.807, 2.05) is 0 Å². The van der Waals surface area contributed by atoms with E-state index >= 15 is 0 Å². The number of nitrogens with one attached hydrogen (secondary N) is 1. The molecule has 11 heteroatoms. The minimum absolute atomic E-state index is 0.0448. The van der Waals surface area contributed by atoms with E-state index < -0.39 is 24.7 Å². The standard InChI is InChI=1S/C16H20N5O5P/c17-16-19-14-13(15(23)20-16)18-9-21(14)7-10(8-22)6-12(27(24,25)26)11-4-2-1-3-5-11/h1-5,9-10,12,22H,6-8H2,(H2,24,25,26)(H3,17,19,20,23)/t10-,12-/m1/s1. The molecule has 3 rings (SSSR count). The Balaban J connectivity index is 1.89. The summed E-state index contributed by atoms with van der Waals surface area (Å²) in [5.41, 5.74) is 4.90. The third-order valence-corrected chi connectivity index (χ3v) is 5.67. The van der Waals surface area contributed by atoms with Crippen molar-refractivity contribution in [2.45, 2.75) is 18.6 Å². The lowest BCUT2D eigenvalue weighted by molar-refractivity contribution is 0.198. The lowest BCUT2D eigenvalue weighted by Crippen LogP contribution is -2.19. The van der Waals surface area contributed by atoms with Gasteiger partial charge in [0.15, 0.2) is 11.2 Å². The third kappa shape index (κ3) is 4.25. The van der Waals surface area contributed by atoms with Crippen LogP contribution in [0.3, 0.4) is 0 Å². The number of aromatic nitrogens is 4. The van der Waals surface area contributed by atoms with Crippen molar-refractivity contribution in [3.05, 3.63) is 52.6 Å². The number of aliphatic hydroxyl groups is 1. The van der Waals surface area contributed by atoms with Crippen LogP contribution in [0.4, 0.5) is 5.95 Å². The number of benzene rings is 1. The fourth-order valence-corrected chi connectivity index (χ4v) is 4.18. The highest BCUT2D eigenvalue weighted by atomic mass is 31.2. The fraction of sp³-hybridized carbons (Fsp3) is 0.312. The maximum Gasteiger partial charge on any atom is 0.332 e. The molecule has 144 valence electrons. The summed E-state index contributed by atoms with van der Waals surface area (Å²) in [6.45, 7) is -0.131. The topological polar surface area (TPSA) is 167 Å². The number of hydrogen-bond acceptors (Lipinski definition) is 6. The SMILES string of the molecule is Nc1nc2c(ncn2C[C@H](CO)C[C@H](c2ccccc2)P(=O)(O)O)c(=O)[nH]1. The van der Waals surface area contributed by atoms with Crippen LogP contribution in [0.5, 0.6) is 0 Å². The van der Waals surface area contributed by atoms with E-state index in [4.69, 9.17) is 5.73 Å². The van der Waals surface area contributed by atoms with Gasteiger partial charge in [-0.1, -0.05) is 30.3 Å². The van der Waals surface area contributed by atoms with Gasteiger partial charge in [0.05, 0.1) is 12.0 Å². The van der Waals surface area contributed by atoms with Crippen molar-refractivity contribution in [1.82, 2.24) is 19.5 Å². The second-order valence-corrected chi connectivity index (χ2v) is 8.12. The maximum absolute atomic E-state index is 12.0. The summed E-state index contributed by atoms with van der Waals surface area (Å²) in [6, 6.07) is 8.46. The Morgan fingerprint density at radius 1 is 1.26 bits per heavy atom. The molecule has 0 bridgehead atoms. The number of imidazole rings is 1. The normalized spacial score (nSPS) is 14.3. The lowest BCUT2D eigenvalue weighted by Gasteiger charge is -2.24. The van der Waals surface area contributed by atoms with E-state index in [0.29, 0.717) is 5.56 Å². The summed E-state index contributed by atoms with van der Waals surface area (Å²) in [7, 11) is -4.45. The molecule has 27 heavy (non-hydrogen) atoms. The number of nitrogen functional groups attached to an aromatic ring is 1. The van der Waals surface area contributed by atoms with Crippen molar-refractivity contribution >= 4 is 24.7 Å². The molecule has 0 saturated carbocycles. The molecule has 0 spiro atoms. The minimum Gasteiger partial charge on any atom is -0.396 e. The molecule has 0 fully saturated rings. The monoisotopic (exact) mass is 393 g/mol. The molecule has 0 aliphatic carbocycles. The second kappa shape index (κ2) is 7.61. The van der Waals surface area contributed by atoms with E-state index in [2.05, 4.69) is 15.0 Å². The van der Waals surface area contributed by atoms with Gasteiger partial charge in [0.25, 0.3) is 5.56 Å². The van der Waals surface area contributed by atoms with E-state index in [0.717, 1.165) is 0 Å². The first-order valence-electron chi connectivity index (χ1n) is 8.21. The van der Waals surface area contributed by atoms with Crippen LogP contribution in [-0.4, -0.2) is 41.0 Å². The van der Waals surface area contributed by atoms with Crippen molar-refractivity contribution in [2.24, 2.45) is 5.92 Å². The molecule has 10 nitrogen and oxygen atoms in total. The molecular formula is C16H20N5O5P. The van der Waals surface area contributed by atoms with Crippen LogP contribution in [0.2, 0.25) is 0 Å².